The lowest BCUT2D eigenvalue weighted by molar-refractivity contribution is -0.152. The summed E-state index contributed by atoms with van der Waals surface area (Å²) in [6.45, 7) is -0.512. The highest BCUT2D eigenvalue weighted by Gasteiger charge is 2.35. The van der Waals surface area contributed by atoms with Crippen LogP contribution in [0.1, 0.15) is 29.3 Å². The van der Waals surface area contributed by atoms with Gasteiger partial charge in [0.05, 0.1) is 18.4 Å². The molecule has 8 heteroatoms. The Balaban J connectivity index is 1.46. The summed E-state index contributed by atoms with van der Waals surface area (Å²) < 4.78 is 24.3. The molecule has 6 nitrogen and oxygen atoms in total. The molecule has 0 saturated carbocycles. The van der Waals surface area contributed by atoms with Crippen molar-refractivity contribution in [2.75, 3.05) is 6.61 Å². The average Bonchev–Trinajstić information content (AvgIpc) is 3.44. The van der Waals surface area contributed by atoms with Crippen molar-refractivity contribution in [2.24, 2.45) is 5.10 Å². The van der Waals surface area contributed by atoms with Crippen LogP contribution in [-0.2, 0) is 20.7 Å². The molecule has 158 valence electrons. The number of carbonyl (C=O) groups excluding carboxylic acids is 2. The van der Waals surface area contributed by atoms with Crippen molar-refractivity contribution < 1.29 is 23.1 Å². The van der Waals surface area contributed by atoms with Crippen LogP contribution in [0.3, 0.4) is 0 Å². The number of hydrazone groups is 1. The smallest absolute Gasteiger partial charge is 0.310 e. The summed E-state index contributed by atoms with van der Waals surface area (Å²) >= 11 is 5.95. The van der Waals surface area contributed by atoms with E-state index in [9.17, 15) is 14.0 Å². The van der Waals surface area contributed by atoms with Crippen LogP contribution in [0.5, 0.6) is 0 Å². The van der Waals surface area contributed by atoms with Crippen molar-refractivity contribution in [3.8, 4) is 0 Å². The fourth-order valence-electron chi connectivity index (χ4n) is 3.32. The van der Waals surface area contributed by atoms with Gasteiger partial charge in [0, 0.05) is 11.4 Å². The molecule has 2 heterocycles. The zero-order chi connectivity index (χ0) is 21.8. The zero-order valence-corrected chi connectivity index (χ0v) is 17.1. The van der Waals surface area contributed by atoms with E-state index in [0.717, 1.165) is 5.56 Å². The molecular formula is C23H18ClFN2O4. The molecule has 1 aliphatic heterocycles. The second-order valence-corrected chi connectivity index (χ2v) is 7.39. The van der Waals surface area contributed by atoms with Gasteiger partial charge < -0.3 is 9.15 Å². The van der Waals surface area contributed by atoms with Crippen LogP contribution < -0.4 is 0 Å². The predicted molar refractivity (Wildman–Crippen MR) is 112 cm³/mol. The second kappa shape index (κ2) is 9.14. The van der Waals surface area contributed by atoms with Gasteiger partial charge in [-0.05, 0) is 41.5 Å². The van der Waals surface area contributed by atoms with Gasteiger partial charge in [0.25, 0.3) is 5.91 Å². The Labute approximate surface area is 182 Å². The first kappa shape index (κ1) is 20.8. The number of nitrogens with zero attached hydrogens (tertiary/aromatic N) is 2. The number of ether oxygens (including phenoxy) is 1. The Morgan fingerprint density at radius 3 is 2.61 bits per heavy atom. The maximum atomic E-state index is 13.7. The summed E-state index contributed by atoms with van der Waals surface area (Å²) in [7, 11) is 0. The van der Waals surface area contributed by atoms with Crippen molar-refractivity contribution in [1.29, 1.82) is 0 Å². The Morgan fingerprint density at radius 2 is 1.90 bits per heavy atom. The Bertz CT molecular complexity index is 1110. The fourth-order valence-corrected chi connectivity index (χ4v) is 3.44. The molecule has 3 aromatic rings. The molecule has 0 saturated heterocycles. The monoisotopic (exact) mass is 440 g/mol. The average molecular weight is 441 g/mol. The standard InChI is InChI=1S/C23H18ClFN2O4/c24-17-9-7-15(8-10-17)19-13-20(21-6-3-11-30-21)27(26-19)22(28)14-31-23(29)12-16-4-1-2-5-18(16)25/h1-11,20H,12-14H2. The van der Waals surface area contributed by atoms with Crippen LogP contribution in [0.25, 0.3) is 0 Å². The van der Waals surface area contributed by atoms with Gasteiger partial charge in [-0.15, -0.1) is 0 Å². The summed E-state index contributed by atoms with van der Waals surface area (Å²) in [4.78, 5) is 24.9. The number of hydrogen-bond acceptors (Lipinski definition) is 5. The Morgan fingerprint density at radius 1 is 1.13 bits per heavy atom. The third-order valence-corrected chi connectivity index (χ3v) is 5.12. The summed E-state index contributed by atoms with van der Waals surface area (Å²) in [5.41, 5.74) is 1.72. The summed E-state index contributed by atoms with van der Waals surface area (Å²) in [5.74, 6) is -1.14. The lowest BCUT2D eigenvalue weighted by Crippen LogP contribution is -2.31. The number of furan rings is 1. The van der Waals surface area contributed by atoms with Crippen molar-refractivity contribution >= 4 is 29.2 Å². The Hall–Kier alpha value is -3.45. The van der Waals surface area contributed by atoms with E-state index >= 15 is 0 Å². The minimum Gasteiger partial charge on any atom is -0.467 e. The fraction of sp³-hybridized carbons (Fsp3) is 0.174. The van der Waals surface area contributed by atoms with Gasteiger partial charge in [-0.25, -0.2) is 9.40 Å². The molecule has 0 fully saturated rings. The van der Waals surface area contributed by atoms with Crippen LogP contribution in [-0.4, -0.2) is 29.2 Å². The number of esters is 1. The maximum Gasteiger partial charge on any atom is 0.310 e. The topological polar surface area (TPSA) is 72.1 Å². The van der Waals surface area contributed by atoms with Crippen LogP contribution in [0.2, 0.25) is 5.02 Å². The summed E-state index contributed by atoms with van der Waals surface area (Å²) in [5, 5.41) is 6.31. The first-order valence-corrected chi connectivity index (χ1v) is 9.97. The van der Waals surface area contributed by atoms with E-state index in [1.165, 1.54) is 29.5 Å². The van der Waals surface area contributed by atoms with E-state index in [0.29, 0.717) is 22.9 Å². The minimum atomic E-state index is -0.700. The van der Waals surface area contributed by atoms with Crippen LogP contribution >= 0.6 is 11.6 Å². The molecule has 2 aromatic carbocycles. The van der Waals surface area contributed by atoms with Gasteiger partial charge in [0.2, 0.25) is 0 Å². The summed E-state index contributed by atoms with van der Waals surface area (Å²) in [6.07, 6.45) is 1.69. The third-order valence-electron chi connectivity index (χ3n) is 4.86. The van der Waals surface area contributed by atoms with Crippen LogP contribution in [0.15, 0.2) is 76.4 Å². The normalized spacial score (nSPS) is 15.6. The van der Waals surface area contributed by atoms with Crippen LogP contribution in [0.4, 0.5) is 4.39 Å². The molecule has 0 aliphatic carbocycles. The molecule has 1 aromatic heterocycles. The van der Waals surface area contributed by atoms with E-state index in [2.05, 4.69) is 5.10 Å². The molecule has 0 bridgehead atoms. The SMILES string of the molecule is O=C(Cc1ccccc1F)OCC(=O)N1N=C(c2ccc(Cl)cc2)CC1c1ccco1. The number of hydrogen-bond donors (Lipinski definition) is 0. The van der Waals surface area contributed by atoms with Gasteiger partial charge in [0.1, 0.15) is 17.6 Å². The number of benzene rings is 2. The number of amides is 1. The molecule has 0 N–H and O–H groups in total. The van der Waals surface area contributed by atoms with Crippen molar-refractivity contribution in [1.82, 2.24) is 5.01 Å². The van der Waals surface area contributed by atoms with Crippen molar-refractivity contribution in [3.05, 3.63) is 94.7 Å². The largest absolute Gasteiger partial charge is 0.467 e. The van der Waals surface area contributed by atoms with Crippen molar-refractivity contribution in [3.63, 3.8) is 0 Å². The molecule has 0 radical (unpaired) electrons. The zero-order valence-electron chi connectivity index (χ0n) is 16.3. The minimum absolute atomic E-state index is 0.206. The van der Waals surface area contributed by atoms with Gasteiger partial charge in [-0.3, -0.25) is 9.59 Å². The van der Waals surface area contributed by atoms with Gasteiger partial charge >= 0.3 is 5.97 Å². The summed E-state index contributed by atoms with van der Waals surface area (Å²) in [6, 6.07) is 16.1. The molecule has 1 unspecified atom stereocenters. The highest BCUT2D eigenvalue weighted by Crippen LogP contribution is 2.33. The molecule has 31 heavy (non-hydrogen) atoms. The highest BCUT2D eigenvalue weighted by atomic mass is 35.5. The van der Waals surface area contributed by atoms with Gasteiger partial charge in [-0.1, -0.05) is 41.9 Å². The van der Waals surface area contributed by atoms with Gasteiger partial charge in [-0.2, -0.15) is 5.10 Å². The lowest BCUT2D eigenvalue weighted by atomic mass is 10.0. The predicted octanol–water partition coefficient (Wildman–Crippen LogP) is 4.54. The third kappa shape index (κ3) is 4.83. The molecule has 1 atom stereocenters. The molecule has 1 amide bonds. The van der Waals surface area contributed by atoms with Gasteiger partial charge in [0.15, 0.2) is 6.61 Å². The van der Waals surface area contributed by atoms with E-state index in [-0.39, 0.29) is 12.0 Å². The number of halogens is 2. The quantitative estimate of drug-likeness (QED) is 0.528. The number of rotatable bonds is 6. The van der Waals surface area contributed by atoms with E-state index in [1.807, 2.05) is 12.1 Å². The lowest BCUT2D eigenvalue weighted by Gasteiger charge is -2.19. The first-order valence-electron chi connectivity index (χ1n) is 9.59. The maximum absolute atomic E-state index is 13.7. The van der Waals surface area contributed by atoms with Crippen molar-refractivity contribution in [2.45, 2.75) is 18.9 Å². The molecule has 1 aliphatic rings. The van der Waals surface area contributed by atoms with E-state index in [1.54, 1.807) is 30.3 Å². The first-order chi connectivity index (χ1) is 15.0. The molecule has 4 rings (SSSR count). The Kier molecular flexibility index (Phi) is 6.13. The van der Waals surface area contributed by atoms with E-state index in [4.69, 9.17) is 20.8 Å². The number of carbonyl (C=O) groups is 2. The second-order valence-electron chi connectivity index (χ2n) is 6.96. The van der Waals surface area contributed by atoms with Crippen LogP contribution in [0, 0.1) is 5.82 Å². The highest BCUT2D eigenvalue weighted by molar-refractivity contribution is 6.30. The molecule has 0 spiro atoms. The molecular weight excluding hydrogens is 423 g/mol. The van der Waals surface area contributed by atoms with E-state index < -0.39 is 30.3 Å².